The molecule has 1 aromatic heterocycles. The van der Waals surface area contributed by atoms with Gasteiger partial charge in [-0.15, -0.1) is 0 Å². The number of nitrogens with zero attached hydrogens (tertiary/aromatic N) is 1. The Morgan fingerprint density at radius 3 is 2.67 bits per heavy atom. The number of nitrogens with one attached hydrogen (secondary N) is 2. The average Bonchev–Trinajstić information content (AvgIpc) is 2.68. The predicted molar refractivity (Wildman–Crippen MR) is 76.7 cm³/mol. The van der Waals surface area contributed by atoms with Gasteiger partial charge in [-0.3, -0.25) is 14.6 Å². The fourth-order valence-corrected chi connectivity index (χ4v) is 3.48. The molecule has 8 heteroatoms. The zero-order chi connectivity index (χ0) is 15.6. The summed E-state index contributed by atoms with van der Waals surface area (Å²) in [5.41, 5.74) is 1.65. The van der Waals surface area contributed by atoms with Gasteiger partial charge < -0.3 is 5.11 Å². The van der Waals surface area contributed by atoms with Crippen molar-refractivity contribution in [3.05, 3.63) is 41.2 Å². The van der Waals surface area contributed by atoms with Crippen LogP contribution in [0.1, 0.15) is 17.0 Å². The normalized spacial score (nSPS) is 11.3. The molecule has 0 bridgehead atoms. The minimum atomic E-state index is -3.77. The van der Waals surface area contributed by atoms with Crippen molar-refractivity contribution < 1.29 is 18.3 Å². The van der Waals surface area contributed by atoms with E-state index in [9.17, 15) is 13.2 Å². The lowest BCUT2D eigenvalue weighted by Gasteiger charge is -2.09. The summed E-state index contributed by atoms with van der Waals surface area (Å²) in [5, 5.41) is 15.2. The van der Waals surface area contributed by atoms with Crippen molar-refractivity contribution in [3.8, 4) is 0 Å². The van der Waals surface area contributed by atoms with Crippen molar-refractivity contribution in [1.29, 1.82) is 0 Å². The molecule has 0 saturated carbocycles. The number of aryl methyl sites for hydroxylation is 2. The number of hydrogen-bond donors (Lipinski definition) is 3. The Balaban J connectivity index is 2.31. The van der Waals surface area contributed by atoms with Crippen LogP contribution in [0.5, 0.6) is 0 Å². The fourth-order valence-electron chi connectivity index (χ4n) is 2.06. The molecule has 1 heterocycles. The van der Waals surface area contributed by atoms with Crippen LogP contribution >= 0.6 is 0 Å². The van der Waals surface area contributed by atoms with E-state index in [0.29, 0.717) is 22.6 Å². The van der Waals surface area contributed by atoms with Crippen molar-refractivity contribution in [2.75, 3.05) is 4.72 Å². The molecule has 1 aromatic carbocycles. The number of aromatic nitrogens is 2. The van der Waals surface area contributed by atoms with Crippen molar-refractivity contribution >= 4 is 21.7 Å². The van der Waals surface area contributed by atoms with Crippen LogP contribution in [0, 0.1) is 13.8 Å². The first-order chi connectivity index (χ1) is 9.79. The molecule has 0 unspecified atom stereocenters. The highest BCUT2D eigenvalue weighted by Crippen LogP contribution is 2.21. The van der Waals surface area contributed by atoms with Gasteiger partial charge in [0.05, 0.1) is 17.8 Å². The highest BCUT2D eigenvalue weighted by atomic mass is 32.2. The smallest absolute Gasteiger partial charge is 0.307 e. The molecule has 0 amide bonds. The number of anilines is 1. The zero-order valence-corrected chi connectivity index (χ0v) is 12.4. The number of hydrogen-bond acceptors (Lipinski definition) is 4. The number of aliphatic carboxylic acids is 1. The SMILES string of the molecule is Cc1n[nH]c(C)c1S(=O)(=O)Nc1cccc(CC(=O)O)c1. The first-order valence-electron chi connectivity index (χ1n) is 6.15. The van der Waals surface area contributed by atoms with Gasteiger partial charge in [0.15, 0.2) is 0 Å². The summed E-state index contributed by atoms with van der Waals surface area (Å²) in [6.45, 7) is 3.22. The predicted octanol–water partition coefficient (Wildman–Crippen LogP) is 1.45. The summed E-state index contributed by atoms with van der Waals surface area (Å²) in [6, 6.07) is 6.29. The van der Waals surface area contributed by atoms with E-state index in [1.165, 1.54) is 6.07 Å². The lowest BCUT2D eigenvalue weighted by molar-refractivity contribution is -0.136. The van der Waals surface area contributed by atoms with Gasteiger partial charge in [-0.2, -0.15) is 5.10 Å². The van der Waals surface area contributed by atoms with E-state index in [2.05, 4.69) is 14.9 Å². The van der Waals surface area contributed by atoms with Crippen molar-refractivity contribution in [1.82, 2.24) is 10.2 Å². The minimum Gasteiger partial charge on any atom is -0.481 e. The molecule has 21 heavy (non-hydrogen) atoms. The Kier molecular flexibility index (Phi) is 3.99. The number of aromatic amines is 1. The van der Waals surface area contributed by atoms with Crippen LogP contribution < -0.4 is 4.72 Å². The summed E-state index contributed by atoms with van der Waals surface area (Å²) in [7, 11) is -3.77. The van der Waals surface area contributed by atoms with Crippen LogP contribution in [0.3, 0.4) is 0 Å². The van der Waals surface area contributed by atoms with Crippen LogP contribution in [0.15, 0.2) is 29.2 Å². The maximum atomic E-state index is 12.4. The minimum absolute atomic E-state index is 0.103. The van der Waals surface area contributed by atoms with Gasteiger partial charge >= 0.3 is 5.97 Å². The molecule has 0 saturated heterocycles. The number of carbonyl (C=O) groups is 1. The number of sulfonamides is 1. The Labute approximate surface area is 122 Å². The van der Waals surface area contributed by atoms with Gasteiger partial charge in [-0.1, -0.05) is 12.1 Å². The number of rotatable bonds is 5. The molecule has 0 aliphatic rings. The number of H-pyrrole nitrogens is 1. The molecule has 2 rings (SSSR count). The van der Waals surface area contributed by atoms with E-state index >= 15 is 0 Å². The van der Waals surface area contributed by atoms with E-state index in [-0.39, 0.29) is 11.3 Å². The molecule has 3 N–H and O–H groups in total. The van der Waals surface area contributed by atoms with Crippen LogP contribution in [-0.2, 0) is 21.2 Å². The van der Waals surface area contributed by atoms with Crippen LogP contribution in [0.4, 0.5) is 5.69 Å². The average molecular weight is 309 g/mol. The first-order valence-corrected chi connectivity index (χ1v) is 7.63. The van der Waals surface area contributed by atoms with Gasteiger partial charge in [0.25, 0.3) is 10.0 Å². The Morgan fingerprint density at radius 1 is 1.38 bits per heavy atom. The highest BCUT2D eigenvalue weighted by molar-refractivity contribution is 7.92. The van der Waals surface area contributed by atoms with Crippen molar-refractivity contribution in [3.63, 3.8) is 0 Å². The molecular weight excluding hydrogens is 294 g/mol. The van der Waals surface area contributed by atoms with E-state index < -0.39 is 16.0 Å². The second-order valence-corrected chi connectivity index (χ2v) is 6.26. The van der Waals surface area contributed by atoms with Crippen molar-refractivity contribution in [2.45, 2.75) is 25.2 Å². The van der Waals surface area contributed by atoms with Gasteiger partial charge in [0.2, 0.25) is 0 Å². The highest BCUT2D eigenvalue weighted by Gasteiger charge is 2.22. The maximum Gasteiger partial charge on any atom is 0.307 e. The Bertz CT molecular complexity index is 761. The molecule has 0 radical (unpaired) electrons. The summed E-state index contributed by atoms with van der Waals surface area (Å²) in [4.78, 5) is 10.8. The molecule has 2 aromatic rings. The van der Waals surface area contributed by atoms with Crippen molar-refractivity contribution in [2.24, 2.45) is 0 Å². The van der Waals surface area contributed by atoms with E-state index in [1.54, 1.807) is 32.0 Å². The third-order valence-electron chi connectivity index (χ3n) is 2.86. The third-order valence-corrected chi connectivity index (χ3v) is 4.51. The number of carboxylic acid groups (broad SMARTS) is 1. The Morgan fingerprint density at radius 2 is 2.10 bits per heavy atom. The standard InChI is InChI=1S/C13H15N3O4S/c1-8-13(9(2)15-14-8)21(19,20)16-11-5-3-4-10(6-11)7-12(17)18/h3-6,16H,7H2,1-2H3,(H,14,15)(H,17,18). The summed E-state index contributed by atoms with van der Waals surface area (Å²) >= 11 is 0. The van der Waals surface area contributed by atoms with Gasteiger partial charge in [-0.25, -0.2) is 8.42 Å². The van der Waals surface area contributed by atoms with E-state index in [4.69, 9.17) is 5.11 Å². The van der Waals surface area contributed by atoms with Crippen LogP contribution in [0.25, 0.3) is 0 Å². The van der Waals surface area contributed by atoms with Gasteiger partial charge in [-0.05, 0) is 31.5 Å². The fraction of sp³-hybridized carbons (Fsp3) is 0.231. The summed E-state index contributed by atoms with van der Waals surface area (Å²) in [6.07, 6.45) is -0.167. The monoisotopic (exact) mass is 309 g/mol. The number of benzene rings is 1. The second kappa shape index (κ2) is 5.57. The molecule has 112 valence electrons. The molecule has 7 nitrogen and oxygen atoms in total. The number of carboxylic acids is 1. The molecule has 0 atom stereocenters. The van der Waals surface area contributed by atoms with Gasteiger partial charge in [0, 0.05) is 5.69 Å². The maximum absolute atomic E-state index is 12.4. The largest absolute Gasteiger partial charge is 0.481 e. The quantitative estimate of drug-likeness (QED) is 0.774. The lowest BCUT2D eigenvalue weighted by atomic mass is 10.1. The first kappa shape index (κ1) is 15.0. The molecular formula is C13H15N3O4S. The summed E-state index contributed by atoms with van der Waals surface area (Å²) in [5.74, 6) is -0.975. The molecule has 0 aliphatic carbocycles. The van der Waals surface area contributed by atoms with E-state index in [0.717, 1.165) is 0 Å². The third kappa shape index (κ3) is 3.40. The van der Waals surface area contributed by atoms with E-state index in [1.807, 2.05) is 0 Å². The Hall–Kier alpha value is -2.35. The topological polar surface area (TPSA) is 112 Å². The van der Waals surface area contributed by atoms with Gasteiger partial charge in [0.1, 0.15) is 4.90 Å². The zero-order valence-electron chi connectivity index (χ0n) is 11.5. The van der Waals surface area contributed by atoms with Crippen LogP contribution in [0.2, 0.25) is 0 Å². The molecule has 0 fully saturated rings. The van der Waals surface area contributed by atoms with Crippen LogP contribution in [-0.4, -0.2) is 29.7 Å². The molecule has 0 spiro atoms. The second-order valence-electron chi connectivity index (χ2n) is 4.64. The molecule has 0 aliphatic heterocycles. The summed E-state index contributed by atoms with van der Waals surface area (Å²) < 4.78 is 27.1. The lowest BCUT2D eigenvalue weighted by Crippen LogP contribution is -2.14.